The number of para-hydroxylation sites is 1. The Labute approximate surface area is 187 Å². The number of ether oxygens (including phenoxy) is 1. The van der Waals surface area contributed by atoms with E-state index in [0.717, 1.165) is 25.7 Å². The van der Waals surface area contributed by atoms with Crippen LogP contribution < -0.4 is 10.1 Å². The molecule has 1 aliphatic rings. The molecule has 32 heavy (non-hydrogen) atoms. The third kappa shape index (κ3) is 4.70. The fraction of sp³-hybridized carbons (Fsp3) is 0.333. The molecule has 1 aromatic heterocycles. The summed E-state index contributed by atoms with van der Waals surface area (Å²) in [6.07, 6.45) is 4.37. The van der Waals surface area contributed by atoms with Crippen molar-refractivity contribution in [2.45, 2.75) is 49.3 Å². The first-order valence-electron chi connectivity index (χ1n) is 10.6. The Kier molecular flexibility index (Phi) is 6.32. The van der Waals surface area contributed by atoms with E-state index in [-0.39, 0.29) is 22.6 Å². The number of sulfone groups is 1. The van der Waals surface area contributed by atoms with Crippen LogP contribution in [0, 0.1) is 6.92 Å². The number of carbonyl (C=O) groups is 1. The smallest absolute Gasteiger partial charge is 0.251 e. The first-order valence-corrected chi connectivity index (χ1v) is 12.3. The van der Waals surface area contributed by atoms with Crippen LogP contribution in [0.4, 0.5) is 0 Å². The first-order chi connectivity index (χ1) is 15.4. The average Bonchev–Trinajstić information content (AvgIpc) is 3.43. The zero-order chi connectivity index (χ0) is 22.7. The number of rotatable bonds is 7. The molecule has 1 saturated carbocycles. The van der Waals surface area contributed by atoms with Crippen LogP contribution in [0.2, 0.25) is 0 Å². The molecule has 0 saturated heterocycles. The molecule has 0 spiro atoms. The number of nitrogens with zero attached hydrogens (tertiary/aromatic N) is 1. The molecule has 0 unspecified atom stereocenters. The Bertz CT molecular complexity index is 1210. The summed E-state index contributed by atoms with van der Waals surface area (Å²) in [4.78, 5) is 17.0. The Hall–Kier alpha value is -3.13. The molecule has 1 N–H and O–H groups in total. The average molecular weight is 455 g/mol. The monoisotopic (exact) mass is 454 g/mol. The Morgan fingerprint density at radius 2 is 1.81 bits per heavy atom. The first kappa shape index (κ1) is 22.1. The van der Waals surface area contributed by atoms with Crippen molar-refractivity contribution in [3.05, 3.63) is 65.5 Å². The van der Waals surface area contributed by atoms with Crippen molar-refractivity contribution in [3.63, 3.8) is 0 Å². The minimum absolute atomic E-state index is 0.0874. The largest absolute Gasteiger partial charge is 0.495 e. The van der Waals surface area contributed by atoms with Crippen molar-refractivity contribution < 1.29 is 22.4 Å². The van der Waals surface area contributed by atoms with E-state index in [9.17, 15) is 13.2 Å². The molecule has 168 valence electrons. The number of nitrogens with one attached hydrogen (secondary N) is 1. The number of hydrogen-bond donors (Lipinski definition) is 1. The summed E-state index contributed by atoms with van der Waals surface area (Å²) in [7, 11) is -2.24. The molecule has 0 bridgehead atoms. The second-order valence-electron chi connectivity index (χ2n) is 7.96. The van der Waals surface area contributed by atoms with Gasteiger partial charge in [0.25, 0.3) is 5.91 Å². The summed E-state index contributed by atoms with van der Waals surface area (Å²) in [6.45, 7) is 1.69. The molecule has 0 atom stereocenters. The number of hydrogen-bond acceptors (Lipinski definition) is 6. The highest BCUT2D eigenvalue weighted by Crippen LogP contribution is 2.29. The molecule has 1 aliphatic carbocycles. The Morgan fingerprint density at radius 3 is 2.50 bits per heavy atom. The van der Waals surface area contributed by atoms with Gasteiger partial charge in [0, 0.05) is 17.2 Å². The van der Waals surface area contributed by atoms with Gasteiger partial charge in [0.1, 0.15) is 22.2 Å². The van der Waals surface area contributed by atoms with E-state index in [1.165, 1.54) is 13.2 Å². The maximum Gasteiger partial charge on any atom is 0.251 e. The lowest BCUT2D eigenvalue weighted by Crippen LogP contribution is -2.32. The normalized spacial score (nSPS) is 14.4. The molecule has 1 heterocycles. The summed E-state index contributed by atoms with van der Waals surface area (Å²) in [5, 5.41) is 3.06. The molecular formula is C24H26N2O5S. The molecule has 1 fully saturated rings. The highest BCUT2D eigenvalue weighted by atomic mass is 32.2. The molecule has 7 nitrogen and oxygen atoms in total. The van der Waals surface area contributed by atoms with Crippen LogP contribution in [0.3, 0.4) is 0 Å². The number of oxazole rings is 1. The van der Waals surface area contributed by atoms with Gasteiger partial charge in [0.05, 0.1) is 12.8 Å². The van der Waals surface area contributed by atoms with Crippen molar-refractivity contribution in [2.75, 3.05) is 7.11 Å². The second kappa shape index (κ2) is 9.16. The summed E-state index contributed by atoms with van der Waals surface area (Å²) in [6, 6.07) is 13.7. The quantitative estimate of drug-likeness (QED) is 0.571. The van der Waals surface area contributed by atoms with E-state index in [1.807, 2.05) is 0 Å². The number of methoxy groups -OCH3 is 1. The SMILES string of the molecule is COc1ccccc1S(=O)(=O)Cc1nc(-c2ccc(C(=O)NC3CCCC3)cc2)oc1C. The lowest BCUT2D eigenvalue weighted by molar-refractivity contribution is 0.0938. The number of amides is 1. The van der Waals surface area contributed by atoms with Gasteiger partial charge < -0.3 is 14.5 Å². The van der Waals surface area contributed by atoms with Gasteiger partial charge in [-0.15, -0.1) is 0 Å². The molecular weight excluding hydrogens is 428 g/mol. The number of carbonyl (C=O) groups excluding carboxylic acids is 1. The minimum atomic E-state index is -3.68. The van der Waals surface area contributed by atoms with E-state index >= 15 is 0 Å². The van der Waals surface area contributed by atoms with Gasteiger partial charge in [-0.3, -0.25) is 4.79 Å². The van der Waals surface area contributed by atoms with Crippen molar-refractivity contribution in [1.82, 2.24) is 10.3 Å². The van der Waals surface area contributed by atoms with Gasteiger partial charge >= 0.3 is 0 Å². The fourth-order valence-corrected chi connectivity index (χ4v) is 5.45. The highest BCUT2D eigenvalue weighted by Gasteiger charge is 2.24. The number of benzene rings is 2. The van der Waals surface area contributed by atoms with Crippen LogP contribution in [0.1, 0.15) is 47.5 Å². The highest BCUT2D eigenvalue weighted by molar-refractivity contribution is 7.90. The van der Waals surface area contributed by atoms with E-state index in [2.05, 4.69) is 10.3 Å². The van der Waals surface area contributed by atoms with Gasteiger partial charge in [0.15, 0.2) is 9.84 Å². The number of aryl methyl sites for hydroxylation is 1. The van der Waals surface area contributed by atoms with Gasteiger partial charge in [-0.1, -0.05) is 25.0 Å². The van der Waals surface area contributed by atoms with Crippen LogP contribution in [0.5, 0.6) is 5.75 Å². The van der Waals surface area contributed by atoms with Gasteiger partial charge in [-0.2, -0.15) is 0 Å². The van der Waals surface area contributed by atoms with Crippen molar-refractivity contribution in [1.29, 1.82) is 0 Å². The van der Waals surface area contributed by atoms with E-state index in [4.69, 9.17) is 9.15 Å². The third-order valence-electron chi connectivity index (χ3n) is 5.71. The molecule has 8 heteroatoms. The van der Waals surface area contributed by atoms with Crippen molar-refractivity contribution in [2.24, 2.45) is 0 Å². The lowest BCUT2D eigenvalue weighted by Gasteiger charge is -2.11. The van der Waals surface area contributed by atoms with Gasteiger partial charge in [-0.25, -0.2) is 13.4 Å². The molecule has 0 aliphatic heterocycles. The summed E-state index contributed by atoms with van der Waals surface area (Å²) in [5.41, 5.74) is 1.59. The molecule has 2 aromatic carbocycles. The minimum Gasteiger partial charge on any atom is -0.495 e. The molecule has 1 amide bonds. The summed E-state index contributed by atoms with van der Waals surface area (Å²) < 4.78 is 36.8. The zero-order valence-corrected chi connectivity index (χ0v) is 18.9. The molecule has 0 radical (unpaired) electrons. The van der Waals surface area contributed by atoms with Gasteiger partial charge in [0.2, 0.25) is 5.89 Å². The van der Waals surface area contributed by atoms with Crippen LogP contribution in [-0.4, -0.2) is 32.5 Å². The van der Waals surface area contributed by atoms with E-state index < -0.39 is 9.84 Å². The van der Waals surface area contributed by atoms with Crippen molar-refractivity contribution in [3.8, 4) is 17.2 Å². The lowest BCUT2D eigenvalue weighted by atomic mass is 10.1. The molecule has 4 rings (SSSR count). The topological polar surface area (TPSA) is 98.5 Å². The van der Waals surface area contributed by atoms with Crippen molar-refractivity contribution >= 4 is 15.7 Å². The third-order valence-corrected chi connectivity index (χ3v) is 7.37. The van der Waals surface area contributed by atoms with Gasteiger partial charge in [-0.05, 0) is 56.2 Å². The van der Waals surface area contributed by atoms with E-state index in [1.54, 1.807) is 49.4 Å². The van der Waals surface area contributed by atoms with Crippen LogP contribution in [0.15, 0.2) is 57.8 Å². The summed E-state index contributed by atoms with van der Waals surface area (Å²) in [5.74, 6) is 0.651. The standard InChI is InChI=1S/C24H26N2O5S/c1-16-20(15-32(28,29)22-10-6-5-9-21(22)30-2)26-24(31-16)18-13-11-17(12-14-18)23(27)25-19-7-3-4-8-19/h5-6,9-14,19H,3-4,7-8,15H2,1-2H3,(H,25,27). The maximum absolute atomic E-state index is 12.9. The zero-order valence-electron chi connectivity index (χ0n) is 18.1. The summed E-state index contributed by atoms with van der Waals surface area (Å²) >= 11 is 0. The predicted molar refractivity (Wildman–Crippen MR) is 120 cm³/mol. The molecule has 3 aromatic rings. The van der Waals surface area contributed by atoms with Crippen LogP contribution >= 0.6 is 0 Å². The number of aromatic nitrogens is 1. The Morgan fingerprint density at radius 1 is 1.12 bits per heavy atom. The van der Waals surface area contributed by atoms with Crippen LogP contribution in [-0.2, 0) is 15.6 Å². The Balaban J connectivity index is 1.51. The van der Waals surface area contributed by atoms with E-state index in [0.29, 0.717) is 34.2 Å². The van der Waals surface area contributed by atoms with Crippen LogP contribution in [0.25, 0.3) is 11.5 Å². The predicted octanol–water partition coefficient (Wildman–Crippen LogP) is 4.30. The fourth-order valence-electron chi connectivity index (χ4n) is 3.92. The second-order valence-corrected chi connectivity index (χ2v) is 9.92. The maximum atomic E-state index is 12.9.